The number of nitrogens with zero attached hydrogens (tertiary/aromatic N) is 3. The van der Waals surface area contributed by atoms with Crippen LogP contribution in [0.5, 0.6) is 0 Å². The molecule has 23 heavy (non-hydrogen) atoms. The van der Waals surface area contributed by atoms with Crippen LogP contribution in [0.1, 0.15) is 23.5 Å². The molecule has 2 aromatic heterocycles. The number of aromatic carboxylic acids is 1. The largest absolute Gasteiger partial charge is 0.478 e. The summed E-state index contributed by atoms with van der Waals surface area (Å²) in [4.78, 5) is 19.2. The van der Waals surface area contributed by atoms with Crippen LogP contribution in [0.15, 0.2) is 12.5 Å². The molecule has 6 N–H and O–H groups in total. The number of nitrogens with two attached hydrogens (primary N) is 1. The molecular formula is C13H16N4O6. The van der Waals surface area contributed by atoms with E-state index in [4.69, 9.17) is 10.5 Å². The molecule has 0 spiro atoms. The molecule has 1 aliphatic rings. The van der Waals surface area contributed by atoms with Gasteiger partial charge in [-0.05, 0) is 6.92 Å². The Labute approximate surface area is 129 Å². The molecular weight excluding hydrogens is 308 g/mol. The van der Waals surface area contributed by atoms with E-state index in [9.17, 15) is 25.2 Å². The lowest BCUT2D eigenvalue weighted by atomic mass is 9.96. The van der Waals surface area contributed by atoms with Crippen molar-refractivity contribution in [3.05, 3.63) is 18.1 Å². The summed E-state index contributed by atoms with van der Waals surface area (Å²) < 4.78 is 6.76. The number of aromatic nitrogens is 3. The number of hydrogen-bond acceptors (Lipinski definition) is 8. The van der Waals surface area contributed by atoms with Crippen LogP contribution in [0, 0.1) is 0 Å². The number of anilines is 1. The minimum absolute atomic E-state index is 0.0250. The zero-order chi connectivity index (χ0) is 16.9. The van der Waals surface area contributed by atoms with Gasteiger partial charge in [0, 0.05) is 6.20 Å². The summed E-state index contributed by atoms with van der Waals surface area (Å²) in [6.07, 6.45) is -1.16. The van der Waals surface area contributed by atoms with E-state index in [2.05, 4.69) is 9.97 Å². The van der Waals surface area contributed by atoms with E-state index in [1.165, 1.54) is 17.7 Å². The molecule has 1 fully saturated rings. The monoisotopic (exact) mass is 324 g/mol. The van der Waals surface area contributed by atoms with Crippen LogP contribution in [0.25, 0.3) is 11.0 Å². The summed E-state index contributed by atoms with van der Waals surface area (Å²) in [5.41, 5.74) is 3.96. The Kier molecular flexibility index (Phi) is 3.48. The van der Waals surface area contributed by atoms with Gasteiger partial charge in [-0.3, -0.25) is 0 Å². The van der Waals surface area contributed by atoms with Crippen molar-refractivity contribution in [3.8, 4) is 0 Å². The van der Waals surface area contributed by atoms with Crippen molar-refractivity contribution in [1.82, 2.24) is 14.5 Å². The Balaban J connectivity index is 2.21. The fourth-order valence-electron chi connectivity index (χ4n) is 2.84. The minimum Gasteiger partial charge on any atom is -0.478 e. The molecule has 0 radical (unpaired) electrons. The summed E-state index contributed by atoms with van der Waals surface area (Å²) >= 11 is 0. The van der Waals surface area contributed by atoms with Crippen molar-refractivity contribution in [2.24, 2.45) is 0 Å². The van der Waals surface area contributed by atoms with Crippen molar-refractivity contribution in [1.29, 1.82) is 0 Å². The second-order valence-corrected chi connectivity index (χ2v) is 5.59. The molecule has 3 heterocycles. The molecule has 0 aliphatic carbocycles. The number of ether oxygens (including phenoxy) is 1. The third-order valence-corrected chi connectivity index (χ3v) is 4.06. The molecule has 0 saturated carbocycles. The molecule has 0 bridgehead atoms. The number of fused-ring (bicyclic) bond motifs is 1. The van der Waals surface area contributed by atoms with E-state index in [-0.39, 0.29) is 22.4 Å². The molecule has 4 atom stereocenters. The van der Waals surface area contributed by atoms with Gasteiger partial charge in [-0.25, -0.2) is 14.8 Å². The lowest BCUT2D eigenvalue weighted by Crippen LogP contribution is -2.44. The zero-order valence-corrected chi connectivity index (χ0v) is 12.1. The number of aliphatic hydroxyl groups is 3. The van der Waals surface area contributed by atoms with Gasteiger partial charge in [0.2, 0.25) is 0 Å². The quantitative estimate of drug-likeness (QED) is 0.462. The first-order valence-electron chi connectivity index (χ1n) is 6.80. The van der Waals surface area contributed by atoms with Gasteiger partial charge in [-0.1, -0.05) is 0 Å². The van der Waals surface area contributed by atoms with Gasteiger partial charge < -0.3 is 35.5 Å². The van der Waals surface area contributed by atoms with Crippen molar-refractivity contribution in [3.63, 3.8) is 0 Å². The Morgan fingerprint density at radius 3 is 2.78 bits per heavy atom. The van der Waals surface area contributed by atoms with Crippen LogP contribution >= 0.6 is 0 Å². The van der Waals surface area contributed by atoms with Crippen LogP contribution in [0.4, 0.5) is 5.82 Å². The highest BCUT2D eigenvalue weighted by molar-refractivity contribution is 6.06. The molecule has 3 unspecified atom stereocenters. The van der Waals surface area contributed by atoms with Gasteiger partial charge in [-0.15, -0.1) is 0 Å². The SMILES string of the molecule is C[C@@]1(O)C(O)C(CO)OC1n1cc(C(=O)O)c2c(N)ncnc21. The molecule has 1 saturated heterocycles. The Morgan fingerprint density at radius 1 is 1.52 bits per heavy atom. The van der Waals surface area contributed by atoms with Gasteiger partial charge in [0.1, 0.15) is 35.6 Å². The predicted octanol–water partition coefficient (Wildman–Crippen LogP) is -1.29. The van der Waals surface area contributed by atoms with Gasteiger partial charge in [0.05, 0.1) is 17.6 Å². The van der Waals surface area contributed by atoms with Gasteiger partial charge >= 0.3 is 5.97 Å². The molecule has 1 aliphatic heterocycles. The van der Waals surface area contributed by atoms with Gasteiger partial charge in [0.25, 0.3) is 0 Å². The fraction of sp³-hybridized carbons (Fsp3) is 0.462. The summed E-state index contributed by atoms with van der Waals surface area (Å²) in [6, 6.07) is 0. The summed E-state index contributed by atoms with van der Waals surface area (Å²) in [5.74, 6) is -1.27. The number of carboxylic acid groups (broad SMARTS) is 1. The lowest BCUT2D eigenvalue weighted by Gasteiger charge is -2.27. The highest BCUT2D eigenvalue weighted by Gasteiger charge is 2.53. The van der Waals surface area contributed by atoms with E-state index in [0.29, 0.717) is 0 Å². The number of carboxylic acids is 1. The van der Waals surface area contributed by atoms with Crippen LogP contribution in [-0.4, -0.2) is 65.3 Å². The van der Waals surface area contributed by atoms with Crippen LogP contribution in [-0.2, 0) is 4.74 Å². The zero-order valence-electron chi connectivity index (χ0n) is 12.1. The smallest absolute Gasteiger partial charge is 0.338 e. The number of carbonyl (C=O) groups is 1. The summed E-state index contributed by atoms with van der Waals surface area (Å²) in [7, 11) is 0. The summed E-state index contributed by atoms with van der Waals surface area (Å²) in [6.45, 7) is 0.824. The van der Waals surface area contributed by atoms with E-state index < -0.39 is 36.6 Å². The molecule has 10 nitrogen and oxygen atoms in total. The Bertz CT molecular complexity index is 773. The number of hydrogen-bond donors (Lipinski definition) is 5. The predicted molar refractivity (Wildman–Crippen MR) is 76.5 cm³/mol. The first-order chi connectivity index (χ1) is 10.8. The highest BCUT2D eigenvalue weighted by atomic mass is 16.6. The van der Waals surface area contributed by atoms with Gasteiger partial charge in [-0.2, -0.15) is 0 Å². The standard InChI is InChI=1S/C13H16N4O6/c1-13(22)8(19)6(3-18)23-12(13)17-2-5(11(20)21)7-9(14)15-4-16-10(7)17/h2,4,6,8,12,18-19,22H,3H2,1H3,(H,20,21)(H2,14,15,16)/t6?,8?,12?,13-/m1/s1. The van der Waals surface area contributed by atoms with E-state index in [1.807, 2.05) is 0 Å². The minimum atomic E-state index is -1.77. The first kappa shape index (κ1) is 15.6. The van der Waals surface area contributed by atoms with Crippen LogP contribution in [0.2, 0.25) is 0 Å². The van der Waals surface area contributed by atoms with Crippen molar-refractivity contribution in [2.75, 3.05) is 12.3 Å². The number of rotatable bonds is 3. The molecule has 0 amide bonds. The second kappa shape index (κ2) is 5.13. The molecule has 2 aromatic rings. The molecule has 0 aromatic carbocycles. The average Bonchev–Trinajstić information content (AvgIpc) is 2.97. The van der Waals surface area contributed by atoms with Gasteiger partial charge in [0.15, 0.2) is 6.23 Å². The second-order valence-electron chi connectivity index (χ2n) is 5.59. The first-order valence-corrected chi connectivity index (χ1v) is 6.80. The fourth-order valence-corrected chi connectivity index (χ4v) is 2.84. The maximum Gasteiger partial charge on any atom is 0.338 e. The third kappa shape index (κ3) is 2.15. The maximum atomic E-state index is 11.4. The Morgan fingerprint density at radius 2 is 2.22 bits per heavy atom. The lowest BCUT2D eigenvalue weighted by molar-refractivity contribution is -0.0948. The van der Waals surface area contributed by atoms with Crippen LogP contribution < -0.4 is 5.73 Å². The average molecular weight is 324 g/mol. The van der Waals surface area contributed by atoms with Crippen molar-refractivity contribution >= 4 is 22.8 Å². The Hall–Kier alpha value is -2.27. The molecule has 10 heteroatoms. The normalized spacial score (nSPS) is 30.9. The van der Waals surface area contributed by atoms with E-state index >= 15 is 0 Å². The van der Waals surface area contributed by atoms with E-state index in [1.54, 1.807) is 0 Å². The molecule has 3 rings (SSSR count). The third-order valence-electron chi connectivity index (χ3n) is 4.06. The topological polar surface area (TPSA) is 164 Å². The maximum absolute atomic E-state index is 11.4. The number of nitrogen functional groups attached to an aromatic ring is 1. The van der Waals surface area contributed by atoms with E-state index in [0.717, 1.165) is 6.33 Å². The van der Waals surface area contributed by atoms with Crippen LogP contribution in [0.3, 0.4) is 0 Å². The number of aliphatic hydroxyl groups excluding tert-OH is 2. The molecule has 124 valence electrons. The highest BCUT2D eigenvalue weighted by Crippen LogP contribution is 2.40. The summed E-state index contributed by atoms with van der Waals surface area (Å²) in [5, 5.41) is 39.3. The van der Waals surface area contributed by atoms with Crippen molar-refractivity contribution < 1.29 is 30.0 Å². The van der Waals surface area contributed by atoms with Crippen molar-refractivity contribution in [2.45, 2.75) is 31.0 Å².